The van der Waals surface area contributed by atoms with E-state index in [0.717, 1.165) is 17.8 Å². The first kappa shape index (κ1) is 21.8. The zero-order valence-electron chi connectivity index (χ0n) is 17.9. The van der Waals surface area contributed by atoms with Gasteiger partial charge in [-0.1, -0.05) is 97.3 Å². The van der Waals surface area contributed by atoms with Crippen LogP contribution in [0.4, 0.5) is 0 Å². The second-order valence-corrected chi connectivity index (χ2v) is 9.75. The zero-order chi connectivity index (χ0) is 18.7. The summed E-state index contributed by atoms with van der Waals surface area (Å²) in [7, 11) is 0. The van der Waals surface area contributed by atoms with E-state index >= 15 is 0 Å². The van der Waals surface area contributed by atoms with E-state index in [1.54, 1.807) is 0 Å². The van der Waals surface area contributed by atoms with E-state index in [9.17, 15) is 5.26 Å². The van der Waals surface area contributed by atoms with Crippen LogP contribution in [0.15, 0.2) is 0 Å². The highest BCUT2D eigenvalue weighted by Crippen LogP contribution is 2.44. The summed E-state index contributed by atoms with van der Waals surface area (Å²) in [5.74, 6) is 2.98. The van der Waals surface area contributed by atoms with Crippen LogP contribution in [0.5, 0.6) is 0 Å². The lowest BCUT2D eigenvalue weighted by atomic mass is 9.67. The van der Waals surface area contributed by atoms with Gasteiger partial charge in [0.2, 0.25) is 0 Å². The molecule has 0 aromatic rings. The molecule has 0 unspecified atom stereocenters. The second-order valence-electron chi connectivity index (χ2n) is 9.75. The van der Waals surface area contributed by atoms with Crippen molar-refractivity contribution in [2.24, 2.45) is 23.2 Å². The maximum absolute atomic E-state index is 9.78. The summed E-state index contributed by atoms with van der Waals surface area (Å²) < 4.78 is 0. The molecule has 150 valence electrons. The molecular formula is C25H45N. The number of nitriles is 1. The third kappa shape index (κ3) is 7.25. The fraction of sp³-hybridized carbons (Fsp3) is 0.960. The van der Waals surface area contributed by atoms with Crippen LogP contribution in [0.25, 0.3) is 0 Å². The summed E-state index contributed by atoms with van der Waals surface area (Å²) >= 11 is 0. The van der Waals surface area contributed by atoms with Gasteiger partial charge in [0.1, 0.15) is 0 Å². The van der Waals surface area contributed by atoms with Gasteiger partial charge in [0.15, 0.2) is 0 Å². The van der Waals surface area contributed by atoms with Crippen LogP contribution in [0, 0.1) is 34.5 Å². The molecule has 1 heteroatoms. The second kappa shape index (κ2) is 12.0. The van der Waals surface area contributed by atoms with Crippen LogP contribution in [-0.2, 0) is 0 Å². The SMILES string of the molecule is CCCCCCCC1(C#N)CCC(CCC2CCC(CCC)CC2)CC1. The molecule has 26 heavy (non-hydrogen) atoms. The fourth-order valence-electron chi connectivity index (χ4n) is 5.69. The van der Waals surface area contributed by atoms with Crippen molar-refractivity contribution < 1.29 is 0 Å². The number of hydrogen-bond donors (Lipinski definition) is 0. The minimum atomic E-state index is 0.0426. The third-order valence-electron chi connectivity index (χ3n) is 7.70. The molecule has 2 fully saturated rings. The predicted molar refractivity (Wildman–Crippen MR) is 113 cm³/mol. The van der Waals surface area contributed by atoms with Gasteiger partial charge in [-0.15, -0.1) is 0 Å². The minimum Gasteiger partial charge on any atom is -0.198 e. The Morgan fingerprint density at radius 1 is 0.692 bits per heavy atom. The largest absolute Gasteiger partial charge is 0.198 e. The van der Waals surface area contributed by atoms with E-state index in [1.807, 2.05) is 0 Å². The highest BCUT2D eigenvalue weighted by molar-refractivity contribution is 5.01. The molecule has 0 bridgehead atoms. The molecule has 1 nitrogen and oxygen atoms in total. The minimum absolute atomic E-state index is 0.0426. The molecule has 2 aliphatic rings. The van der Waals surface area contributed by atoms with Crippen LogP contribution < -0.4 is 0 Å². The molecule has 0 N–H and O–H groups in total. The Balaban J connectivity index is 1.61. The maximum Gasteiger partial charge on any atom is 0.0689 e. The van der Waals surface area contributed by atoms with Crippen molar-refractivity contribution >= 4 is 0 Å². The van der Waals surface area contributed by atoms with Crippen LogP contribution in [-0.4, -0.2) is 0 Å². The normalized spacial score (nSPS) is 32.3. The third-order valence-corrected chi connectivity index (χ3v) is 7.70. The molecule has 0 spiro atoms. The molecule has 0 amide bonds. The van der Waals surface area contributed by atoms with E-state index < -0.39 is 0 Å². The Morgan fingerprint density at radius 2 is 1.23 bits per heavy atom. The highest BCUT2D eigenvalue weighted by Gasteiger charge is 2.35. The van der Waals surface area contributed by atoms with Crippen LogP contribution in [0.2, 0.25) is 0 Å². The average molecular weight is 360 g/mol. The van der Waals surface area contributed by atoms with Gasteiger partial charge < -0.3 is 0 Å². The number of nitrogens with zero attached hydrogens (tertiary/aromatic N) is 1. The Labute approximate surface area is 164 Å². The Morgan fingerprint density at radius 3 is 1.77 bits per heavy atom. The molecule has 0 atom stereocenters. The summed E-state index contributed by atoms with van der Waals surface area (Å²) in [6, 6.07) is 2.75. The first-order valence-corrected chi connectivity index (χ1v) is 12.1. The fourth-order valence-corrected chi connectivity index (χ4v) is 5.69. The van der Waals surface area contributed by atoms with E-state index in [2.05, 4.69) is 19.9 Å². The molecule has 2 saturated carbocycles. The molecule has 0 aliphatic heterocycles. The van der Waals surface area contributed by atoms with Gasteiger partial charge in [-0.05, 0) is 49.9 Å². The van der Waals surface area contributed by atoms with Gasteiger partial charge in [0.05, 0.1) is 11.5 Å². The summed E-state index contributed by atoms with van der Waals surface area (Å²) in [5, 5.41) is 9.78. The maximum atomic E-state index is 9.78. The first-order chi connectivity index (χ1) is 12.7. The predicted octanol–water partition coefficient (Wildman–Crippen LogP) is 8.43. The summed E-state index contributed by atoms with van der Waals surface area (Å²) in [4.78, 5) is 0. The molecule has 0 aromatic carbocycles. The van der Waals surface area contributed by atoms with Crippen molar-refractivity contribution in [3.63, 3.8) is 0 Å². The van der Waals surface area contributed by atoms with Crippen molar-refractivity contribution in [1.29, 1.82) is 5.26 Å². The van der Waals surface area contributed by atoms with Gasteiger partial charge >= 0.3 is 0 Å². The lowest BCUT2D eigenvalue weighted by Gasteiger charge is -2.36. The van der Waals surface area contributed by atoms with E-state index in [-0.39, 0.29) is 5.41 Å². The van der Waals surface area contributed by atoms with E-state index in [1.165, 1.54) is 116 Å². The number of rotatable bonds is 11. The van der Waals surface area contributed by atoms with Crippen LogP contribution >= 0.6 is 0 Å². The number of hydrogen-bond acceptors (Lipinski definition) is 1. The van der Waals surface area contributed by atoms with Gasteiger partial charge in [0, 0.05) is 0 Å². The topological polar surface area (TPSA) is 23.8 Å². The van der Waals surface area contributed by atoms with E-state index in [4.69, 9.17) is 0 Å². The Hall–Kier alpha value is -0.510. The molecular weight excluding hydrogens is 314 g/mol. The van der Waals surface area contributed by atoms with Crippen molar-refractivity contribution in [3.8, 4) is 6.07 Å². The van der Waals surface area contributed by atoms with Gasteiger partial charge in [-0.2, -0.15) is 5.26 Å². The molecule has 2 aliphatic carbocycles. The molecule has 0 saturated heterocycles. The monoisotopic (exact) mass is 359 g/mol. The average Bonchev–Trinajstić information content (AvgIpc) is 2.68. The smallest absolute Gasteiger partial charge is 0.0689 e. The van der Waals surface area contributed by atoms with Crippen molar-refractivity contribution in [3.05, 3.63) is 0 Å². The molecule has 0 radical (unpaired) electrons. The Bertz CT molecular complexity index is 391. The van der Waals surface area contributed by atoms with E-state index in [0.29, 0.717) is 0 Å². The Kier molecular flexibility index (Phi) is 10.1. The molecule has 0 aromatic heterocycles. The zero-order valence-corrected chi connectivity index (χ0v) is 17.9. The lowest BCUT2D eigenvalue weighted by molar-refractivity contribution is 0.171. The number of unbranched alkanes of at least 4 members (excludes halogenated alkanes) is 4. The first-order valence-electron chi connectivity index (χ1n) is 12.1. The lowest BCUT2D eigenvalue weighted by Crippen LogP contribution is -2.26. The van der Waals surface area contributed by atoms with Gasteiger partial charge in [-0.25, -0.2) is 0 Å². The van der Waals surface area contributed by atoms with Gasteiger partial charge in [0.25, 0.3) is 0 Å². The van der Waals surface area contributed by atoms with Crippen LogP contribution in [0.3, 0.4) is 0 Å². The summed E-state index contributed by atoms with van der Waals surface area (Å²) in [5.41, 5.74) is 0.0426. The highest BCUT2D eigenvalue weighted by atomic mass is 14.4. The van der Waals surface area contributed by atoms with Crippen molar-refractivity contribution in [1.82, 2.24) is 0 Å². The van der Waals surface area contributed by atoms with Crippen LogP contribution in [0.1, 0.15) is 129 Å². The summed E-state index contributed by atoms with van der Waals surface area (Å²) in [6.07, 6.45) is 24.6. The standard InChI is InChI=1S/C25H45N/c1-3-5-6-7-8-18-25(21-26)19-16-24(17-20-25)15-14-23-12-10-22(9-4-2)11-13-23/h22-24H,3-20H2,1-2H3. The van der Waals surface area contributed by atoms with Gasteiger partial charge in [-0.3, -0.25) is 0 Å². The summed E-state index contributed by atoms with van der Waals surface area (Å²) in [6.45, 7) is 4.61. The molecule has 0 heterocycles. The quantitative estimate of drug-likeness (QED) is 0.339. The molecule has 2 rings (SSSR count). The van der Waals surface area contributed by atoms with Crippen molar-refractivity contribution in [2.75, 3.05) is 0 Å². The van der Waals surface area contributed by atoms with Crippen molar-refractivity contribution in [2.45, 2.75) is 129 Å².